The highest BCUT2D eigenvalue weighted by Crippen LogP contribution is 2.12. The Morgan fingerprint density at radius 3 is 1.84 bits per heavy atom. The van der Waals surface area contributed by atoms with Crippen LogP contribution in [0.2, 0.25) is 0 Å². The minimum atomic E-state index is -0.766. The fraction of sp³-hybridized carbons (Fsp3) is 1.00. The molecule has 3 unspecified atom stereocenters. The Morgan fingerprint density at radius 2 is 1.19 bits per heavy atom. The molecule has 0 fully saturated rings. The van der Waals surface area contributed by atoms with Crippen LogP contribution in [0.4, 0.5) is 0 Å². The molecule has 0 saturated heterocycles. The molecule has 0 aliphatic carbocycles. The molecule has 0 aliphatic heterocycles. The van der Waals surface area contributed by atoms with Gasteiger partial charge in [-0.25, -0.2) is 0 Å². The van der Waals surface area contributed by atoms with Crippen LogP contribution in [0.15, 0.2) is 0 Å². The van der Waals surface area contributed by atoms with Crippen molar-refractivity contribution < 1.29 is 25.5 Å². The Morgan fingerprint density at radius 1 is 0.645 bits per heavy atom. The van der Waals surface area contributed by atoms with Crippen LogP contribution in [0, 0.1) is 0 Å². The van der Waals surface area contributed by atoms with Gasteiger partial charge in [0.2, 0.25) is 0 Å². The van der Waals surface area contributed by atoms with Crippen molar-refractivity contribution in [1.82, 2.24) is 10.2 Å². The summed E-state index contributed by atoms with van der Waals surface area (Å²) in [7, 11) is 0. The molecule has 0 saturated carbocycles. The van der Waals surface area contributed by atoms with Crippen LogP contribution in [-0.4, -0.2) is 94.7 Å². The Balaban J connectivity index is 3.89. The van der Waals surface area contributed by atoms with Crippen LogP contribution in [0.1, 0.15) is 90.4 Å². The standard InChI is InChI=1S/C24H52N2O5/c1-2-3-4-5-6-7-8-11-14-22(29)18-26(19-24(31)21-28)16-13-10-9-12-15-25-17-23(30)20-27/h22-25,27-31H,2-21H2,1H3. The summed E-state index contributed by atoms with van der Waals surface area (Å²) >= 11 is 0. The highest BCUT2D eigenvalue weighted by molar-refractivity contribution is 4.69. The van der Waals surface area contributed by atoms with Gasteiger partial charge in [0.1, 0.15) is 0 Å². The van der Waals surface area contributed by atoms with Gasteiger partial charge in [0.15, 0.2) is 0 Å². The molecule has 7 nitrogen and oxygen atoms in total. The lowest BCUT2D eigenvalue weighted by atomic mass is 10.1. The molecule has 0 aromatic heterocycles. The first-order valence-corrected chi connectivity index (χ1v) is 12.7. The largest absolute Gasteiger partial charge is 0.394 e. The molecule has 31 heavy (non-hydrogen) atoms. The van der Waals surface area contributed by atoms with E-state index in [1.54, 1.807) is 0 Å². The third-order valence-corrected chi connectivity index (χ3v) is 5.71. The topological polar surface area (TPSA) is 116 Å². The second kappa shape index (κ2) is 22.9. The highest BCUT2D eigenvalue weighted by Gasteiger charge is 2.15. The zero-order chi connectivity index (χ0) is 23.2. The molecule has 0 spiro atoms. The molecule has 0 bridgehead atoms. The number of unbranched alkanes of at least 4 members (excludes halogenated alkanes) is 10. The number of aliphatic hydroxyl groups excluding tert-OH is 5. The zero-order valence-corrected chi connectivity index (χ0v) is 20.1. The Hall–Kier alpha value is -0.280. The van der Waals surface area contributed by atoms with E-state index in [0.717, 1.165) is 51.6 Å². The zero-order valence-electron chi connectivity index (χ0n) is 20.1. The number of rotatable bonds is 24. The minimum absolute atomic E-state index is 0.215. The third-order valence-electron chi connectivity index (χ3n) is 5.71. The molecule has 188 valence electrons. The number of aliphatic hydroxyl groups is 5. The summed E-state index contributed by atoms with van der Waals surface area (Å²) in [6, 6.07) is 0. The highest BCUT2D eigenvalue weighted by atomic mass is 16.3. The van der Waals surface area contributed by atoms with E-state index in [4.69, 9.17) is 10.2 Å². The number of nitrogens with zero attached hydrogens (tertiary/aromatic N) is 1. The van der Waals surface area contributed by atoms with Gasteiger partial charge < -0.3 is 30.8 Å². The van der Waals surface area contributed by atoms with Crippen LogP contribution >= 0.6 is 0 Å². The second-order valence-electron chi connectivity index (χ2n) is 8.97. The second-order valence-corrected chi connectivity index (χ2v) is 8.97. The molecular weight excluding hydrogens is 396 g/mol. The minimum Gasteiger partial charge on any atom is -0.394 e. The molecule has 0 radical (unpaired) electrons. The maximum Gasteiger partial charge on any atom is 0.0897 e. The molecule has 0 aromatic rings. The average Bonchev–Trinajstić information content (AvgIpc) is 2.76. The van der Waals surface area contributed by atoms with Gasteiger partial charge in [-0.2, -0.15) is 0 Å². The van der Waals surface area contributed by atoms with Crippen LogP contribution < -0.4 is 5.32 Å². The van der Waals surface area contributed by atoms with Crippen molar-refractivity contribution in [2.45, 2.75) is 109 Å². The summed E-state index contributed by atoms with van der Waals surface area (Å²) < 4.78 is 0. The van der Waals surface area contributed by atoms with E-state index in [1.807, 2.05) is 0 Å². The average molecular weight is 449 g/mol. The van der Waals surface area contributed by atoms with Gasteiger partial charge in [0, 0.05) is 19.6 Å². The smallest absolute Gasteiger partial charge is 0.0897 e. The van der Waals surface area contributed by atoms with Gasteiger partial charge in [-0.3, -0.25) is 4.90 Å². The lowest BCUT2D eigenvalue weighted by Crippen LogP contribution is -2.39. The van der Waals surface area contributed by atoms with Gasteiger partial charge in [-0.1, -0.05) is 71.1 Å². The summed E-state index contributed by atoms with van der Waals surface area (Å²) in [4.78, 5) is 2.08. The summed E-state index contributed by atoms with van der Waals surface area (Å²) in [5.74, 6) is 0. The lowest BCUT2D eigenvalue weighted by molar-refractivity contribution is 0.0364. The molecule has 0 aromatic carbocycles. The van der Waals surface area contributed by atoms with Crippen molar-refractivity contribution in [2.24, 2.45) is 0 Å². The predicted molar refractivity (Wildman–Crippen MR) is 127 cm³/mol. The lowest BCUT2D eigenvalue weighted by Gasteiger charge is -2.27. The van der Waals surface area contributed by atoms with E-state index < -0.39 is 12.2 Å². The third kappa shape index (κ3) is 21.3. The van der Waals surface area contributed by atoms with E-state index in [0.29, 0.717) is 19.6 Å². The summed E-state index contributed by atoms with van der Waals surface area (Å²) in [6.07, 6.45) is 13.1. The SMILES string of the molecule is CCCCCCCCCCC(O)CN(CCCCCCNCC(O)CO)CC(O)CO. The fourth-order valence-corrected chi connectivity index (χ4v) is 3.79. The molecular formula is C24H52N2O5. The van der Waals surface area contributed by atoms with Gasteiger partial charge >= 0.3 is 0 Å². The summed E-state index contributed by atoms with van der Waals surface area (Å²) in [5.41, 5.74) is 0. The van der Waals surface area contributed by atoms with E-state index >= 15 is 0 Å². The fourth-order valence-electron chi connectivity index (χ4n) is 3.79. The van der Waals surface area contributed by atoms with E-state index in [1.165, 1.54) is 44.9 Å². The van der Waals surface area contributed by atoms with Crippen LogP contribution in [0.25, 0.3) is 0 Å². The van der Waals surface area contributed by atoms with Gasteiger partial charge in [-0.15, -0.1) is 0 Å². The molecule has 0 amide bonds. The van der Waals surface area contributed by atoms with E-state index in [-0.39, 0.29) is 19.3 Å². The maximum absolute atomic E-state index is 10.4. The van der Waals surface area contributed by atoms with Crippen molar-refractivity contribution in [2.75, 3.05) is 45.9 Å². The molecule has 7 heteroatoms. The van der Waals surface area contributed by atoms with Crippen molar-refractivity contribution >= 4 is 0 Å². The first-order chi connectivity index (χ1) is 15.0. The van der Waals surface area contributed by atoms with Gasteiger partial charge in [0.25, 0.3) is 0 Å². The van der Waals surface area contributed by atoms with Crippen molar-refractivity contribution in [3.05, 3.63) is 0 Å². The molecule has 6 N–H and O–H groups in total. The number of hydrogen-bond acceptors (Lipinski definition) is 7. The Kier molecular flexibility index (Phi) is 22.7. The molecule has 0 aliphatic rings. The first-order valence-electron chi connectivity index (χ1n) is 12.7. The predicted octanol–water partition coefficient (Wildman–Crippen LogP) is 2.04. The van der Waals surface area contributed by atoms with Gasteiger partial charge in [0.05, 0.1) is 31.5 Å². The monoisotopic (exact) mass is 448 g/mol. The first kappa shape index (κ1) is 30.7. The summed E-state index contributed by atoms with van der Waals surface area (Å²) in [5, 5.41) is 50.6. The molecule has 0 rings (SSSR count). The van der Waals surface area contributed by atoms with Crippen LogP contribution in [0.3, 0.4) is 0 Å². The quantitative estimate of drug-likeness (QED) is 0.125. The van der Waals surface area contributed by atoms with E-state index in [2.05, 4.69) is 17.1 Å². The van der Waals surface area contributed by atoms with E-state index in [9.17, 15) is 15.3 Å². The summed E-state index contributed by atoms with van der Waals surface area (Å²) in [6.45, 7) is 4.75. The molecule has 3 atom stereocenters. The van der Waals surface area contributed by atoms with Crippen molar-refractivity contribution in [3.63, 3.8) is 0 Å². The van der Waals surface area contributed by atoms with Crippen molar-refractivity contribution in [3.8, 4) is 0 Å². The van der Waals surface area contributed by atoms with Crippen molar-refractivity contribution in [1.29, 1.82) is 0 Å². The number of hydrogen-bond donors (Lipinski definition) is 6. The Labute approximate surface area is 190 Å². The van der Waals surface area contributed by atoms with Gasteiger partial charge in [-0.05, 0) is 32.4 Å². The maximum atomic E-state index is 10.4. The Bertz CT molecular complexity index is 363. The normalized spacial score (nSPS) is 14.8. The van der Waals surface area contributed by atoms with Crippen LogP contribution in [-0.2, 0) is 0 Å². The number of nitrogens with one attached hydrogen (secondary N) is 1. The molecule has 0 heterocycles. The van der Waals surface area contributed by atoms with Crippen LogP contribution in [0.5, 0.6) is 0 Å².